The molecule has 1 rings (SSSR count). The van der Waals surface area contributed by atoms with E-state index in [1.54, 1.807) is 12.1 Å². The largest absolute Gasteiger partial charge is 0.507 e. The SMILES string of the molecule is Cc1cc(C=O)c(O)c([C@H](N)CCCO)c1. The Balaban J connectivity index is 3.02. The average Bonchev–Trinajstić information content (AvgIpc) is 2.28. The highest BCUT2D eigenvalue weighted by atomic mass is 16.3. The lowest BCUT2D eigenvalue weighted by Gasteiger charge is -2.15. The molecule has 1 aromatic carbocycles. The molecule has 0 aliphatic heterocycles. The van der Waals surface area contributed by atoms with Crippen LogP contribution in [0.2, 0.25) is 0 Å². The molecule has 0 amide bonds. The van der Waals surface area contributed by atoms with E-state index in [2.05, 4.69) is 0 Å². The van der Waals surface area contributed by atoms with E-state index in [0.29, 0.717) is 24.7 Å². The molecule has 0 bridgehead atoms. The second-order valence-corrected chi connectivity index (χ2v) is 3.88. The topological polar surface area (TPSA) is 83.5 Å². The quantitative estimate of drug-likeness (QED) is 0.657. The van der Waals surface area contributed by atoms with Crippen LogP contribution in [0.1, 0.15) is 40.4 Å². The lowest BCUT2D eigenvalue weighted by molar-refractivity contribution is 0.112. The molecule has 0 radical (unpaired) electrons. The molecule has 0 aromatic heterocycles. The Morgan fingerprint density at radius 2 is 2.19 bits per heavy atom. The number of nitrogens with two attached hydrogens (primary N) is 1. The number of phenols is 1. The van der Waals surface area contributed by atoms with Gasteiger partial charge in [-0.1, -0.05) is 6.07 Å². The van der Waals surface area contributed by atoms with Crippen molar-refractivity contribution in [2.24, 2.45) is 5.73 Å². The smallest absolute Gasteiger partial charge is 0.153 e. The number of phenolic OH excluding ortho intramolecular Hbond substituents is 1. The maximum atomic E-state index is 10.7. The van der Waals surface area contributed by atoms with Crippen LogP contribution in [-0.4, -0.2) is 23.1 Å². The third-order valence-corrected chi connectivity index (χ3v) is 2.51. The van der Waals surface area contributed by atoms with Crippen LogP contribution < -0.4 is 5.73 Å². The summed E-state index contributed by atoms with van der Waals surface area (Å²) in [6, 6.07) is 3.03. The molecule has 0 saturated carbocycles. The monoisotopic (exact) mass is 223 g/mol. The van der Waals surface area contributed by atoms with E-state index in [4.69, 9.17) is 10.8 Å². The maximum Gasteiger partial charge on any atom is 0.153 e. The molecule has 0 aliphatic rings. The Hall–Kier alpha value is -1.39. The molecule has 1 aromatic rings. The zero-order valence-electron chi connectivity index (χ0n) is 9.31. The van der Waals surface area contributed by atoms with Crippen molar-refractivity contribution < 1.29 is 15.0 Å². The van der Waals surface area contributed by atoms with E-state index in [9.17, 15) is 9.90 Å². The first kappa shape index (κ1) is 12.7. The number of aryl methyl sites for hydroxylation is 1. The van der Waals surface area contributed by atoms with Crippen molar-refractivity contribution in [3.05, 3.63) is 28.8 Å². The van der Waals surface area contributed by atoms with Gasteiger partial charge in [-0.3, -0.25) is 4.79 Å². The summed E-state index contributed by atoms with van der Waals surface area (Å²) in [7, 11) is 0. The van der Waals surface area contributed by atoms with Gasteiger partial charge in [0.25, 0.3) is 0 Å². The number of carbonyl (C=O) groups excluding carboxylic acids is 1. The molecule has 1 atom stereocenters. The van der Waals surface area contributed by atoms with E-state index >= 15 is 0 Å². The van der Waals surface area contributed by atoms with Crippen LogP contribution in [0.15, 0.2) is 12.1 Å². The lowest BCUT2D eigenvalue weighted by atomic mass is 9.97. The fourth-order valence-corrected chi connectivity index (χ4v) is 1.67. The predicted molar refractivity (Wildman–Crippen MR) is 61.5 cm³/mol. The Labute approximate surface area is 94.7 Å². The highest BCUT2D eigenvalue weighted by Crippen LogP contribution is 2.29. The number of aldehydes is 1. The molecule has 0 aliphatic carbocycles. The van der Waals surface area contributed by atoms with Crippen LogP contribution in [-0.2, 0) is 0 Å². The molecule has 16 heavy (non-hydrogen) atoms. The van der Waals surface area contributed by atoms with Crippen molar-refractivity contribution >= 4 is 6.29 Å². The third-order valence-electron chi connectivity index (χ3n) is 2.51. The standard InChI is InChI=1S/C12H17NO3/c1-8-5-9(7-15)12(16)10(6-8)11(13)3-2-4-14/h5-7,11,14,16H,2-4,13H2,1H3/t11-/m1/s1. The van der Waals surface area contributed by atoms with Crippen molar-refractivity contribution in [3.8, 4) is 5.75 Å². The molecular formula is C12H17NO3. The summed E-state index contributed by atoms with van der Waals surface area (Å²) in [6.07, 6.45) is 1.77. The first-order valence-corrected chi connectivity index (χ1v) is 5.25. The van der Waals surface area contributed by atoms with Gasteiger partial charge in [0.15, 0.2) is 6.29 Å². The van der Waals surface area contributed by atoms with Crippen LogP contribution in [0.4, 0.5) is 0 Å². The fraction of sp³-hybridized carbons (Fsp3) is 0.417. The summed E-state index contributed by atoms with van der Waals surface area (Å²) in [4.78, 5) is 10.7. The second kappa shape index (κ2) is 5.63. The van der Waals surface area contributed by atoms with E-state index in [-0.39, 0.29) is 24.0 Å². The number of aliphatic hydroxyl groups is 1. The highest BCUT2D eigenvalue weighted by molar-refractivity contribution is 5.80. The summed E-state index contributed by atoms with van der Waals surface area (Å²) in [5, 5.41) is 18.5. The van der Waals surface area contributed by atoms with E-state index in [1.165, 1.54) is 0 Å². The van der Waals surface area contributed by atoms with Gasteiger partial charge < -0.3 is 15.9 Å². The van der Waals surface area contributed by atoms with Crippen molar-refractivity contribution in [2.45, 2.75) is 25.8 Å². The zero-order valence-corrected chi connectivity index (χ0v) is 9.31. The summed E-state index contributed by atoms with van der Waals surface area (Å²) < 4.78 is 0. The lowest BCUT2D eigenvalue weighted by Crippen LogP contribution is -2.12. The Morgan fingerprint density at radius 3 is 2.75 bits per heavy atom. The molecular weight excluding hydrogens is 206 g/mol. The summed E-state index contributed by atoms with van der Waals surface area (Å²) in [5.41, 5.74) is 7.60. The van der Waals surface area contributed by atoms with Gasteiger partial charge in [-0.2, -0.15) is 0 Å². The predicted octanol–water partition coefficient (Wildman–Crippen LogP) is 1.29. The summed E-state index contributed by atoms with van der Waals surface area (Å²) in [5.74, 6) is -0.0500. The van der Waals surface area contributed by atoms with Gasteiger partial charge in [0, 0.05) is 18.2 Å². The van der Waals surface area contributed by atoms with Gasteiger partial charge in [0.05, 0.1) is 5.56 Å². The number of carbonyl (C=O) groups is 1. The molecule has 0 heterocycles. The van der Waals surface area contributed by atoms with Crippen molar-refractivity contribution in [2.75, 3.05) is 6.61 Å². The summed E-state index contributed by atoms with van der Waals surface area (Å²) >= 11 is 0. The summed E-state index contributed by atoms with van der Waals surface area (Å²) in [6.45, 7) is 1.91. The molecule has 0 fully saturated rings. The van der Waals surface area contributed by atoms with Crippen LogP contribution in [0.5, 0.6) is 5.75 Å². The second-order valence-electron chi connectivity index (χ2n) is 3.88. The van der Waals surface area contributed by atoms with Gasteiger partial charge in [0.1, 0.15) is 5.75 Å². The van der Waals surface area contributed by atoms with Gasteiger partial charge >= 0.3 is 0 Å². The number of benzene rings is 1. The Kier molecular flexibility index (Phi) is 4.46. The maximum absolute atomic E-state index is 10.7. The third kappa shape index (κ3) is 2.81. The van der Waals surface area contributed by atoms with Crippen LogP contribution in [0.25, 0.3) is 0 Å². The molecule has 0 spiro atoms. The first-order chi connectivity index (χ1) is 7.60. The Bertz CT molecular complexity index is 377. The number of hydrogen-bond acceptors (Lipinski definition) is 4. The molecule has 0 saturated heterocycles. The zero-order chi connectivity index (χ0) is 12.1. The average molecular weight is 223 g/mol. The van der Waals surface area contributed by atoms with Gasteiger partial charge in [-0.25, -0.2) is 0 Å². The normalized spacial score (nSPS) is 12.4. The molecule has 88 valence electrons. The van der Waals surface area contributed by atoms with Crippen LogP contribution in [0, 0.1) is 6.92 Å². The van der Waals surface area contributed by atoms with Crippen LogP contribution in [0.3, 0.4) is 0 Å². The van der Waals surface area contributed by atoms with Crippen molar-refractivity contribution in [1.82, 2.24) is 0 Å². The Morgan fingerprint density at radius 1 is 1.50 bits per heavy atom. The number of aromatic hydroxyl groups is 1. The number of rotatable bonds is 5. The van der Waals surface area contributed by atoms with Crippen molar-refractivity contribution in [3.63, 3.8) is 0 Å². The van der Waals surface area contributed by atoms with E-state index < -0.39 is 0 Å². The minimum atomic E-state index is -0.356. The van der Waals surface area contributed by atoms with E-state index in [1.807, 2.05) is 6.92 Å². The van der Waals surface area contributed by atoms with E-state index in [0.717, 1.165) is 5.56 Å². The first-order valence-electron chi connectivity index (χ1n) is 5.25. The number of aliphatic hydroxyl groups excluding tert-OH is 1. The molecule has 4 N–H and O–H groups in total. The van der Waals surface area contributed by atoms with Gasteiger partial charge in [0.2, 0.25) is 0 Å². The van der Waals surface area contributed by atoms with Crippen molar-refractivity contribution in [1.29, 1.82) is 0 Å². The molecule has 0 unspecified atom stereocenters. The van der Waals surface area contributed by atoms with Gasteiger partial charge in [-0.15, -0.1) is 0 Å². The van der Waals surface area contributed by atoms with Crippen LogP contribution >= 0.6 is 0 Å². The minimum Gasteiger partial charge on any atom is -0.507 e. The number of hydrogen-bond donors (Lipinski definition) is 3. The fourth-order valence-electron chi connectivity index (χ4n) is 1.67. The van der Waals surface area contributed by atoms with Gasteiger partial charge in [-0.05, 0) is 31.4 Å². The molecule has 4 nitrogen and oxygen atoms in total. The minimum absolute atomic E-state index is 0.0500. The molecule has 4 heteroatoms. The highest BCUT2D eigenvalue weighted by Gasteiger charge is 2.14.